The molecule has 0 aliphatic rings. The molecule has 1 aromatic carbocycles. The lowest BCUT2D eigenvalue weighted by atomic mass is 10.2. The van der Waals surface area contributed by atoms with Crippen molar-refractivity contribution in [3.8, 4) is 0 Å². The molecule has 0 saturated heterocycles. The van der Waals surface area contributed by atoms with Crippen LogP contribution in [0.25, 0.3) is 11.0 Å². The van der Waals surface area contributed by atoms with Crippen LogP contribution in [-0.4, -0.2) is 20.3 Å². The third-order valence-electron chi connectivity index (χ3n) is 2.26. The van der Waals surface area contributed by atoms with E-state index in [1.54, 1.807) is 7.11 Å². The fourth-order valence-electron chi connectivity index (χ4n) is 1.51. The van der Waals surface area contributed by atoms with Crippen molar-refractivity contribution in [1.82, 2.24) is 5.32 Å². The molecule has 0 amide bonds. The summed E-state index contributed by atoms with van der Waals surface area (Å²) in [4.78, 5) is 0. The summed E-state index contributed by atoms with van der Waals surface area (Å²) in [5.41, 5.74) is 0.945. The van der Waals surface area contributed by atoms with Crippen LogP contribution in [0.1, 0.15) is 5.76 Å². The summed E-state index contributed by atoms with van der Waals surface area (Å²) >= 11 is 0. The topological polar surface area (TPSA) is 34.4 Å². The van der Waals surface area contributed by atoms with Gasteiger partial charge in [0.15, 0.2) is 0 Å². The standard InChI is InChI=1S/C12H15NO2/c1-14-7-6-13-9-11-8-10-4-2-3-5-12(10)15-11/h2-5,8,13H,6-7,9H2,1H3. The molecule has 0 aliphatic carbocycles. The number of hydrogen-bond acceptors (Lipinski definition) is 3. The Labute approximate surface area is 89.0 Å². The molecule has 0 saturated carbocycles. The van der Waals surface area contributed by atoms with E-state index >= 15 is 0 Å². The Bertz CT molecular complexity index is 389. The van der Waals surface area contributed by atoms with E-state index in [9.17, 15) is 0 Å². The molecule has 0 fully saturated rings. The van der Waals surface area contributed by atoms with Crippen molar-refractivity contribution >= 4 is 11.0 Å². The molecule has 1 aromatic heterocycles. The minimum absolute atomic E-state index is 0.722. The third-order valence-corrected chi connectivity index (χ3v) is 2.26. The second-order valence-corrected chi connectivity index (χ2v) is 3.42. The molecule has 0 aliphatic heterocycles. The number of rotatable bonds is 5. The summed E-state index contributed by atoms with van der Waals surface area (Å²) in [6.07, 6.45) is 0. The second-order valence-electron chi connectivity index (χ2n) is 3.42. The number of fused-ring (bicyclic) bond motifs is 1. The maximum atomic E-state index is 5.64. The van der Waals surface area contributed by atoms with E-state index in [2.05, 4.69) is 17.4 Å². The third kappa shape index (κ3) is 2.58. The molecule has 1 heterocycles. The number of furan rings is 1. The lowest BCUT2D eigenvalue weighted by molar-refractivity contribution is 0.198. The van der Waals surface area contributed by atoms with Gasteiger partial charge in [-0.15, -0.1) is 0 Å². The van der Waals surface area contributed by atoms with Crippen LogP contribution in [0.5, 0.6) is 0 Å². The maximum Gasteiger partial charge on any atom is 0.134 e. The Kier molecular flexibility index (Phi) is 3.37. The van der Waals surface area contributed by atoms with Crippen molar-refractivity contribution in [2.24, 2.45) is 0 Å². The van der Waals surface area contributed by atoms with Gasteiger partial charge in [0.25, 0.3) is 0 Å². The number of methoxy groups -OCH3 is 1. The highest BCUT2D eigenvalue weighted by Gasteiger charge is 2.01. The molecular formula is C12H15NO2. The fraction of sp³-hybridized carbons (Fsp3) is 0.333. The largest absolute Gasteiger partial charge is 0.460 e. The molecule has 80 valence electrons. The Morgan fingerprint density at radius 3 is 3.00 bits per heavy atom. The predicted molar refractivity (Wildman–Crippen MR) is 59.8 cm³/mol. The second kappa shape index (κ2) is 4.96. The Morgan fingerprint density at radius 2 is 2.20 bits per heavy atom. The predicted octanol–water partition coefficient (Wildman–Crippen LogP) is 2.17. The van der Waals surface area contributed by atoms with Crippen molar-refractivity contribution in [2.75, 3.05) is 20.3 Å². The van der Waals surface area contributed by atoms with Gasteiger partial charge in [0.1, 0.15) is 11.3 Å². The molecule has 0 spiro atoms. The molecule has 0 atom stereocenters. The minimum Gasteiger partial charge on any atom is -0.460 e. The van der Waals surface area contributed by atoms with Crippen molar-refractivity contribution in [1.29, 1.82) is 0 Å². The van der Waals surface area contributed by atoms with Crippen LogP contribution in [0.4, 0.5) is 0 Å². The fourth-order valence-corrected chi connectivity index (χ4v) is 1.51. The van der Waals surface area contributed by atoms with Crippen molar-refractivity contribution in [2.45, 2.75) is 6.54 Å². The van der Waals surface area contributed by atoms with Gasteiger partial charge in [-0.05, 0) is 12.1 Å². The van der Waals surface area contributed by atoms with Crippen molar-refractivity contribution in [3.05, 3.63) is 36.1 Å². The van der Waals surface area contributed by atoms with Gasteiger partial charge in [0.05, 0.1) is 13.2 Å². The summed E-state index contributed by atoms with van der Waals surface area (Å²) in [5.74, 6) is 0.965. The number of ether oxygens (including phenoxy) is 1. The zero-order valence-electron chi connectivity index (χ0n) is 8.82. The van der Waals surface area contributed by atoms with E-state index in [0.717, 1.165) is 36.4 Å². The van der Waals surface area contributed by atoms with E-state index in [4.69, 9.17) is 9.15 Å². The summed E-state index contributed by atoms with van der Waals surface area (Å²) < 4.78 is 10.6. The SMILES string of the molecule is COCCNCc1cc2ccccc2o1. The van der Waals surface area contributed by atoms with E-state index in [1.165, 1.54) is 0 Å². The van der Waals surface area contributed by atoms with Crippen LogP contribution < -0.4 is 5.32 Å². The van der Waals surface area contributed by atoms with Gasteiger partial charge >= 0.3 is 0 Å². The molecule has 0 bridgehead atoms. The Balaban J connectivity index is 1.97. The number of benzene rings is 1. The van der Waals surface area contributed by atoms with Gasteiger partial charge in [-0.1, -0.05) is 18.2 Å². The Morgan fingerprint density at radius 1 is 1.33 bits per heavy atom. The summed E-state index contributed by atoms with van der Waals surface area (Å²) in [6, 6.07) is 10.1. The summed E-state index contributed by atoms with van der Waals surface area (Å²) in [7, 11) is 1.70. The first-order chi connectivity index (χ1) is 7.40. The maximum absolute atomic E-state index is 5.64. The highest BCUT2D eigenvalue weighted by molar-refractivity contribution is 5.77. The first kappa shape index (κ1) is 10.2. The average Bonchev–Trinajstić information content (AvgIpc) is 2.67. The lowest BCUT2D eigenvalue weighted by Crippen LogP contribution is -2.18. The zero-order chi connectivity index (χ0) is 10.5. The normalized spacial score (nSPS) is 11.0. The monoisotopic (exact) mass is 205 g/mol. The van der Waals surface area contributed by atoms with Crippen LogP contribution >= 0.6 is 0 Å². The van der Waals surface area contributed by atoms with Gasteiger partial charge in [-0.25, -0.2) is 0 Å². The quantitative estimate of drug-likeness (QED) is 0.760. The molecule has 2 rings (SSSR count). The first-order valence-corrected chi connectivity index (χ1v) is 5.07. The molecule has 15 heavy (non-hydrogen) atoms. The van der Waals surface area contributed by atoms with Crippen molar-refractivity contribution < 1.29 is 9.15 Å². The number of hydrogen-bond donors (Lipinski definition) is 1. The minimum atomic E-state index is 0.722. The number of para-hydroxylation sites is 1. The van der Waals surface area contributed by atoms with Gasteiger partial charge in [0, 0.05) is 19.0 Å². The van der Waals surface area contributed by atoms with E-state index in [0.29, 0.717) is 0 Å². The molecule has 1 N–H and O–H groups in total. The highest BCUT2D eigenvalue weighted by Crippen LogP contribution is 2.18. The summed E-state index contributed by atoms with van der Waals surface area (Å²) in [6.45, 7) is 2.31. The summed E-state index contributed by atoms with van der Waals surface area (Å²) in [5, 5.41) is 4.40. The van der Waals surface area contributed by atoms with E-state index in [-0.39, 0.29) is 0 Å². The van der Waals surface area contributed by atoms with Crippen LogP contribution in [0, 0.1) is 0 Å². The molecule has 2 aromatic rings. The van der Waals surface area contributed by atoms with Gasteiger partial charge in [-0.3, -0.25) is 0 Å². The van der Waals surface area contributed by atoms with Crippen LogP contribution in [0.2, 0.25) is 0 Å². The molecule has 0 radical (unpaired) electrons. The molecule has 0 unspecified atom stereocenters. The smallest absolute Gasteiger partial charge is 0.134 e. The highest BCUT2D eigenvalue weighted by atomic mass is 16.5. The average molecular weight is 205 g/mol. The molecular weight excluding hydrogens is 190 g/mol. The lowest BCUT2D eigenvalue weighted by Gasteiger charge is -2.00. The van der Waals surface area contributed by atoms with E-state index in [1.807, 2.05) is 18.2 Å². The van der Waals surface area contributed by atoms with Gasteiger partial charge in [0.2, 0.25) is 0 Å². The van der Waals surface area contributed by atoms with Crippen LogP contribution in [0.3, 0.4) is 0 Å². The van der Waals surface area contributed by atoms with Crippen molar-refractivity contribution in [3.63, 3.8) is 0 Å². The van der Waals surface area contributed by atoms with Crippen LogP contribution in [-0.2, 0) is 11.3 Å². The van der Waals surface area contributed by atoms with E-state index < -0.39 is 0 Å². The molecule has 3 heteroatoms. The van der Waals surface area contributed by atoms with Gasteiger partial charge < -0.3 is 14.5 Å². The number of nitrogens with one attached hydrogen (secondary N) is 1. The zero-order valence-corrected chi connectivity index (χ0v) is 8.82. The first-order valence-electron chi connectivity index (χ1n) is 5.07. The van der Waals surface area contributed by atoms with Gasteiger partial charge in [-0.2, -0.15) is 0 Å². The van der Waals surface area contributed by atoms with Crippen LogP contribution in [0.15, 0.2) is 34.7 Å². The Hall–Kier alpha value is -1.32. The molecule has 3 nitrogen and oxygen atoms in total.